The van der Waals surface area contributed by atoms with Crippen molar-refractivity contribution < 1.29 is 24.5 Å². The molecule has 0 bridgehead atoms. The molecule has 0 saturated carbocycles. The number of aromatic nitrogens is 1. The minimum atomic E-state index is -1.46. The third-order valence-corrected chi connectivity index (χ3v) is 5.02. The molecule has 0 unspecified atom stereocenters. The van der Waals surface area contributed by atoms with Crippen LogP contribution in [-0.4, -0.2) is 50.9 Å². The number of nitrogens with zero attached hydrogens (tertiary/aromatic N) is 2. The van der Waals surface area contributed by atoms with E-state index in [-0.39, 0.29) is 5.69 Å². The summed E-state index contributed by atoms with van der Waals surface area (Å²) in [4.78, 5) is 38.0. The largest absolute Gasteiger partial charge is 0.503 e. The van der Waals surface area contributed by atoms with Crippen LogP contribution in [0.25, 0.3) is 0 Å². The molecule has 8 nitrogen and oxygen atoms in total. The Balaban J connectivity index is 1.91. The molecule has 2 aliphatic rings. The number of carboxylic acids is 1. The van der Waals surface area contributed by atoms with Gasteiger partial charge in [-0.05, 0) is 18.4 Å². The van der Waals surface area contributed by atoms with Crippen LogP contribution < -0.4 is 5.43 Å². The number of carbonyl (C=O) groups excluding carboxylic acids is 1. The Hall–Kier alpha value is -3.13. The van der Waals surface area contributed by atoms with Gasteiger partial charge in [-0.15, -0.1) is 0 Å². The number of rotatable bonds is 3. The lowest BCUT2D eigenvalue weighted by molar-refractivity contribution is -0.111. The SMILES string of the molecule is O=C(O)c1cn2c(c(O)c1=O)C(=O)N1CCCO[C@H]1[C@@H]2Cc1ccccc1. The van der Waals surface area contributed by atoms with Crippen molar-refractivity contribution in [2.45, 2.75) is 25.1 Å². The van der Waals surface area contributed by atoms with Crippen LogP contribution in [-0.2, 0) is 11.2 Å². The van der Waals surface area contributed by atoms with E-state index in [1.54, 1.807) is 0 Å². The third kappa shape index (κ3) is 2.78. The second kappa shape index (κ2) is 6.55. The first kappa shape index (κ1) is 17.3. The Bertz CT molecular complexity index is 968. The first-order valence-corrected chi connectivity index (χ1v) is 8.67. The van der Waals surface area contributed by atoms with E-state index in [1.165, 1.54) is 9.47 Å². The fourth-order valence-corrected chi connectivity index (χ4v) is 3.77. The summed E-state index contributed by atoms with van der Waals surface area (Å²) in [6.07, 6.45) is 1.64. The average Bonchev–Trinajstić information content (AvgIpc) is 2.68. The number of aromatic carboxylic acids is 1. The maximum absolute atomic E-state index is 12.9. The zero-order valence-corrected chi connectivity index (χ0v) is 14.4. The summed E-state index contributed by atoms with van der Waals surface area (Å²) in [6, 6.07) is 9.03. The number of hydrogen-bond donors (Lipinski definition) is 2. The average molecular weight is 370 g/mol. The zero-order valence-electron chi connectivity index (χ0n) is 14.4. The maximum atomic E-state index is 12.9. The molecule has 0 aliphatic carbocycles. The topological polar surface area (TPSA) is 109 Å². The van der Waals surface area contributed by atoms with Gasteiger partial charge in [-0.3, -0.25) is 9.59 Å². The lowest BCUT2D eigenvalue weighted by Crippen LogP contribution is -2.56. The molecule has 2 aliphatic heterocycles. The van der Waals surface area contributed by atoms with Crippen LogP contribution in [0.3, 0.4) is 0 Å². The number of carbonyl (C=O) groups is 2. The highest BCUT2D eigenvalue weighted by Crippen LogP contribution is 2.35. The second-order valence-electron chi connectivity index (χ2n) is 6.65. The van der Waals surface area contributed by atoms with Gasteiger partial charge in [0.2, 0.25) is 5.43 Å². The van der Waals surface area contributed by atoms with E-state index in [1.807, 2.05) is 30.3 Å². The molecule has 8 heteroatoms. The summed E-state index contributed by atoms with van der Waals surface area (Å²) < 4.78 is 7.23. The predicted molar refractivity (Wildman–Crippen MR) is 93.9 cm³/mol. The van der Waals surface area contributed by atoms with E-state index in [0.717, 1.165) is 11.8 Å². The van der Waals surface area contributed by atoms with Crippen molar-refractivity contribution in [3.63, 3.8) is 0 Å². The monoisotopic (exact) mass is 370 g/mol. The molecule has 27 heavy (non-hydrogen) atoms. The first-order valence-electron chi connectivity index (χ1n) is 8.67. The molecule has 1 aromatic heterocycles. The van der Waals surface area contributed by atoms with E-state index >= 15 is 0 Å². The number of ether oxygens (including phenoxy) is 1. The third-order valence-electron chi connectivity index (χ3n) is 5.02. The van der Waals surface area contributed by atoms with Gasteiger partial charge in [-0.25, -0.2) is 4.79 Å². The van der Waals surface area contributed by atoms with E-state index in [2.05, 4.69) is 0 Å². The van der Waals surface area contributed by atoms with Gasteiger partial charge in [0.1, 0.15) is 5.56 Å². The molecule has 2 atom stereocenters. The highest BCUT2D eigenvalue weighted by atomic mass is 16.5. The van der Waals surface area contributed by atoms with Crippen LogP contribution in [0.5, 0.6) is 5.75 Å². The maximum Gasteiger partial charge on any atom is 0.341 e. The van der Waals surface area contributed by atoms with Gasteiger partial charge in [0.25, 0.3) is 5.91 Å². The molecule has 2 N–H and O–H groups in total. The Morgan fingerprint density at radius 2 is 1.96 bits per heavy atom. The highest BCUT2D eigenvalue weighted by Gasteiger charge is 2.44. The lowest BCUT2D eigenvalue weighted by Gasteiger charge is -2.45. The fourth-order valence-electron chi connectivity index (χ4n) is 3.77. The molecule has 0 radical (unpaired) electrons. The molecule has 1 fully saturated rings. The van der Waals surface area contributed by atoms with Crippen molar-refractivity contribution in [3.05, 3.63) is 63.6 Å². The molecule has 1 saturated heterocycles. The Morgan fingerprint density at radius 3 is 2.67 bits per heavy atom. The van der Waals surface area contributed by atoms with Gasteiger partial charge in [-0.2, -0.15) is 0 Å². The van der Waals surface area contributed by atoms with E-state index in [0.29, 0.717) is 26.0 Å². The molecule has 1 amide bonds. The second-order valence-corrected chi connectivity index (χ2v) is 6.65. The predicted octanol–water partition coefficient (Wildman–Crippen LogP) is 1.24. The van der Waals surface area contributed by atoms with Crippen molar-refractivity contribution in [2.75, 3.05) is 13.2 Å². The quantitative estimate of drug-likeness (QED) is 0.841. The summed E-state index contributed by atoms with van der Waals surface area (Å²) in [5.41, 5.74) is -0.858. The molecule has 2 aromatic rings. The van der Waals surface area contributed by atoms with E-state index in [4.69, 9.17) is 4.74 Å². The van der Waals surface area contributed by atoms with Crippen LogP contribution >= 0.6 is 0 Å². The summed E-state index contributed by atoms with van der Waals surface area (Å²) in [5, 5.41) is 19.6. The highest BCUT2D eigenvalue weighted by molar-refractivity contribution is 5.97. The van der Waals surface area contributed by atoms with Gasteiger partial charge >= 0.3 is 5.97 Å². The molecular weight excluding hydrogens is 352 g/mol. The molecule has 4 rings (SSSR count). The normalized spacial score (nSPS) is 21.5. The van der Waals surface area contributed by atoms with Gasteiger partial charge in [-0.1, -0.05) is 30.3 Å². The number of benzene rings is 1. The van der Waals surface area contributed by atoms with E-state index < -0.39 is 40.9 Å². The van der Waals surface area contributed by atoms with Crippen molar-refractivity contribution in [1.82, 2.24) is 9.47 Å². The van der Waals surface area contributed by atoms with Crippen LogP contribution in [0, 0.1) is 0 Å². The van der Waals surface area contributed by atoms with Crippen LogP contribution in [0.1, 0.15) is 38.9 Å². The smallest absolute Gasteiger partial charge is 0.341 e. The van der Waals surface area contributed by atoms with E-state index in [9.17, 15) is 24.6 Å². The molecular formula is C19H18N2O6. The minimum Gasteiger partial charge on any atom is -0.503 e. The first-order chi connectivity index (χ1) is 13.0. The molecule has 1 aromatic carbocycles. The van der Waals surface area contributed by atoms with Gasteiger partial charge in [0, 0.05) is 12.7 Å². The number of aromatic hydroxyl groups is 1. The zero-order chi connectivity index (χ0) is 19.1. The summed E-state index contributed by atoms with van der Waals surface area (Å²) in [7, 11) is 0. The molecule has 3 heterocycles. The van der Waals surface area contributed by atoms with Crippen LogP contribution in [0.2, 0.25) is 0 Å². The van der Waals surface area contributed by atoms with Crippen LogP contribution in [0.15, 0.2) is 41.3 Å². The van der Waals surface area contributed by atoms with Crippen molar-refractivity contribution in [3.8, 4) is 5.75 Å². The van der Waals surface area contributed by atoms with Crippen molar-refractivity contribution >= 4 is 11.9 Å². The minimum absolute atomic E-state index is 0.187. The van der Waals surface area contributed by atoms with Crippen molar-refractivity contribution in [2.24, 2.45) is 0 Å². The molecule has 140 valence electrons. The van der Waals surface area contributed by atoms with Gasteiger partial charge in [0.15, 0.2) is 17.7 Å². The Kier molecular flexibility index (Phi) is 4.19. The Morgan fingerprint density at radius 1 is 1.22 bits per heavy atom. The van der Waals surface area contributed by atoms with Gasteiger partial charge < -0.3 is 24.4 Å². The summed E-state index contributed by atoms with van der Waals surface area (Å²) in [5.74, 6) is -2.82. The summed E-state index contributed by atoms with van der Waals surface area (Å²) >= 11 is 0. The van der Waals surface area contributed by atoms with Crippen LogP contribution in [0.4, 0.5) is 0 Å². The number of amides is 1. The van der Waals surface area contributed by atoms with Gasteiger partial charge in [0.05, 0.1) is 12.6 Å². The number of fused-ring (bicyclic) bond motifs is 2. The standard InChI is InChI=1S/C19H18N2O6/c22-15-12(19(25)26)10-21-13(9-11-5-2-1-3-6-11)18-20(7-4-8-27-18)17(24)14(21)16(15)23/h1-3,5-6,10,13,18,23H,4,7-9H2,(H,25,26)/t13-,18-/m0/s1. The van der Waals surface area contributed by atoms with Crippen molar-refractivity contribution in [1.29, 1.82) is 0 Å². The molecule has 0 spiro atoms. The lowest BCUT2D eigenvalue weighted by atomic mass is 9.98. The number of pyridine rings is 1. The summed E-state index contributed by atoms with van der Waals surface area (Å²) in [6.45, 7) is 0.927. The number of hydrogen-bond acceptors (Lipinski definition) is 5. The number of carboxylic acid groups (broad SMARTS) is 1. The Labute approximate surface area is 154 Å². The fraction of sp³-hybridized carbons (Fsp3) is 0.316.